The first kappa shape index (κ1) is 9.15. The Labute approximate surface area is 65.0 Å². The van der Waals surface area contributed by atoms with E-state index in [1.807, 2.05) is 0 Å². The van der Waals surface area contributed by atoms with E-state index >= 15 is 0 Å². The molecule has 54 valence electrons. The maximum Gasteiger partial charge on any atom is 0.133 e. The highest BCUT2D eigenvalue weighted by molar-refractivity contribution is 9.09. The van der Waals surface area contributed by atoms with E-state index in [9.17, 15) is 4.79 Å². The highest BCUT2D eigenvalue weighted by Crippen LogP contribution is 1.99. The molecule has 0 aromatic rings. The van der Waals surface area contributed by atoms with Crippen molar-refractivity contribution < 1.29 is 4.79 Å². The molecular weight excluding hydrogens is 180 g/mol. The number of rotatable bonds is 5. The van der Waals surface area contributed by atoms with Gasteiger partial charge in [0.1, 0.15) is 5.78 Å². The van der Waals surface area contributed by atoms with Crippen molar-refractivity contribution in [3.05, 3.63) is 0 Å². The van der Waals surface area contributed by atoms with Gasteiger partial charge in [0, 0.05) is 18.2 Å². The lowest BCUT2D eigenvalue weighted by Gasteiger charge is -1.93. The summed E-state index contributed by atoms with van der Waals surface area (Å²) < 4.78 is 0. The van der Waals surface area contributed by atoms with E-state index in [4.69, 9.17) is 0 Å². The predicted molar refractivity (Wildman–Crippen MR) is 42.9 cm³/mol. The Bertz CT molecular complexity index is 81.0. The Hall–Kier alpha value is 0.150. The molecule has 0 saturated carbocycles. The zero-order valence-electron chi connectivity index (χ0n) is 5.82. The van der Waals surface area contributed by atoms with Crippen LogP contribution in [-0.4, -0.2) is 11.1 Å². The topological polar surface area (TPSA) is 17.1 Å². The molecule has 0 heterocycles. The minimum absolute atomic E-state index is 0.383. The van der Waals surface area contributed by atoms with Crippen LogP contribution in [0.15, 0.2) is 0 Å². The maximum atomic E-state index is 10.8. The largest absolute Gasteiger partial charge is 0.300 e. The third-order valence-corrected chi connectivity index (χ3v) is 1.58. The average molecular weight is 193 g/mol. The Balaban J connectivity index is 3.06. The zero-order valence-corrected chi connectivity index (χ0v) is 7.41. The van der Waals surface area contributed by atoms with Crippen molar-refractivity contribution in [1.29, 1.82) is 0 Å². The number of carbonyl (C=O) groups is 1. The fourth-order valence-electron chi connectivity index (χ4n) is 0.604. The standard InChI is InChI=1S/C7H13BrO/c1-2-3-4-7(9)5-6-8/h2-6H2,1H3. The van der Waals surface area contributed by atoms with Gasteiger partial charge in [-0.05, 0) is 6.42 Å². The molecule has 2 heteroatoms. The van der Waals surface area contributed by atoms with Crippen LogP contribution >= 0.6 is 15.9 Å². The molecule has 0 rings (SSSR count). The van der Waals surface area contributed by atoms with Crippen molar-refractivity contribution in [2.75, 3.05) is 5.33 Å². The first-order valence-electron chi connectivity index (χ1n) is 3.39. The second kappa shape index (κ2) is 6.27. The van der Waals surface area contributed by atoms with Crippen molar-refractivity contribution in [2.24, 2.45) is 0 Å². The van der Waals surface area contributed by atoms with Gasteiger partial charge in [-0.15, -0.1) is 0 Å². The molecule has 0 spiro atoms. The summed E-state index contributed by atoms with van der Waals surface area (Å²) in [5.41, 5.74) is 0. The quantitative estimate of drug-likeness (QED) is 0.613. The molecule has 0 aliphatic carbocycles. The Morgan fingerprint density at radius 3 is 2.56 bits per heavy atom. The van der Waals surface area contributed by atoms with E-state index in [0.717, 1.165) is 24.6 Å². The minimum atomic E-state index is 0.383. The summed E-state index contributed by atoms with van der Waals surface area (Å²) >= 11 is 3.22. The van der Waals surface area contributed by atoms with Gasteiger partial charge in [0.2, 0.25) is 0 Å². The van der Waals surface area contributed by atoms with Gasteiger partial charge in [0.05, 0.1) is 0 Å². The number of carbonyl (C=O) groups excluding carboxylic acids is 1. The molecule has 0 fully saturated rings. The van der Waals surface area contributed by atoms with Gasteiger partial charge in [-0.25, -0.2) is 0 Å². The van der Waals surface area contributed by atoms with Gasteiger partial charge in [-0.2, -0.15) is 0 Å². The van der Waals surface area contributed by atoms with Crippen LogP contribution < -0.4 is 0 Å². The summed E-state index contributed by atoms with van der Waals surface area (Å²) in [6, 6.07) is 0. The highest BCUT2D eigenvalue weighted by atomic mass is 79.9. The number of unbranched alkanes of at least 4 members (excludes halogenated alkanes) is 1. The van der Waals surface area contributed by atoms with E-state index in [1.54, 1.807) is 0 Å². The van der Waals surface area contributed by atoms with Gasteiger partial charge in [-0.1, -0.05) is 29.3 Å². The lowest BCUT2D eigenvalue weighted by molar-refractivity contribution is -0.118. The lowest BCUT2D eigenvalue weighted by Crippen LogP contribution is -1.96. The van der Waals surface area contributed by atoms with Crippen molar-refractivity contribution >= 4 is 21.7 Å². The number of alkyl halides is 1. The summed E-state index contributed by atoms with van der Waals surface area (Å²) in [6.45, 7) is 2.10. The molecule has 0 aromatic heterocycles. The number of hydrogen-bond donors (Lipinski definition) is 0. The van der Waals surface area contributed by atoms with E-state index in [0.29, 0.717) is 12.2 Å². The fraction of sp³-hybridized carbons (Fsp3) is 0.857. The van der Waals surface area contributed by atoms with Crippen LogP contribution in [0.1, 0.15) is 32.6 Å². The van der Waals surface area contributed by atoms with Crippen LogP contribution in [0.3, 0.4) is 0 Å². The number of halogens is 1. The highest BCUT2D eigenvalue weighted by Gasteiger charge is 1.97. The SMILES string of the molecule is CCCCC(=O)CCBr. The molecule has 0 atom stereocenters. The molecule has 0 aliphatic heterocycles. The van der Waals surface area contributed by atoms with Crippen molar-refractivity contribution in [2.45, 2.75) is 32.6 Å². The summed E-state index contributed by atoms with van der Waals surface area (Å²) in [5.74, 6) is 0.383. The maximum absolute atomic E-state index is 10.8. The van der Waals surface area contributed by atoms with Gasteiger partial charge < -0.3 is 0 Å². The molecule has 9 heavy (non-hydrogen) atoms. The van der Waals surface area contributed by atoms with Gasteiger partial charge >= 0.3 is 0 Å². The second-order valence-electron chi connectivity index (χ2n) is 2.08. The molecule has 0 unspecified atom stereocenters. The minimum Gasteiger partial charge on any atom is -0.300 e. The Kier molecular flexibility index (Phi) is 6.38. The van der Waals surface area contributed by atoms with E-state index < -0.39 is 0 Å². The van der Waals surface area contributed by atoms with Gasteiger partial charge in [0.25, 0.3) is 0 Å². The Morgan fingerprint density at radius 2 is 2.11 bits per heavy atom. The van der Waals surface area contributed by atoms with Gasteiger partial charge in [0.15, 0.2) is 0 Å². The molecule has 0 aromatic carbocycles. The van der Waals surface area contributed by atoms with Gasteiger partial charge in [-0.3, -0.25) is 4.79 Å². The molecule has 0 radical (unpaired) electrons. The smallest absolute Gasteiger partial charge is 0.133 e. The van der Waals surface area contributed by atoms with Crippen LogP contribution in [0.5, 0.6) is 0 Å². The first-order chi connectivity index (χ1) is 4.31. The van der Waals surface area contributed by atoms with Crippen molar-refractivity contribution in [3.63, 3.8) is 0 Å². The average Bonchev–Trinajstić information content (AvgIpc) is 1.85. The second-order valence-corrected chi connectivity index (χ2v) is 2.87. The van der Waals surface area contributed by atoms with E-state index in [2.05, 4.69) is 22.9 Å². The molecule has 0 N–H and O–H groups in total. The number of Topliss-reactive ketones (excluding diaryl/α,β-unsaturated/α-hetero) is 1. The van der Waals surface area contributed by atoms with Crippen molar-refractivity contribution in [1.82, 2.24) is 0 Å². The van der Waals surface area contributed by atoms with Crippen LogP contribution in [0.2, 0.25) is 0 Å². The molecule has 0 bridgehead atoms. The summed E-state index contributed by atoms with van der Waals surface area (Å²) in [5, 5.41) is 0.815. The molecular formula is C7H13BrO. The summed E-state index contributed by atoms with van der Waals surface area (Å²) in [7, 11) is 0. The Morgan fingerprint density at radius 1 is 1.44 bits per heavy atom. The molecule has 0 aliphatic rings. The third-order valence-electron chi connectivity index (χ3n) is 1.18. The predicted octanol–water partition coefficient (Wildman–Crippen LogP) is 2.53. The van der Waals surface area contributed by atoms with Crippen LogP contribution in [0, 0.1) is 0 Å². The first-order valence-corrected chi connectivity index (χ1v) is 4.51. The summed E-state index contributed by atoms with van der Waals surface area (Å²) in [4.78, 5) is 10.8. The molecule has 0 amide bonds. The van der Waals surface area contributed by atoms with Crippen LogP contribution in [0.25, 0.3) is 0 Å². The summed E-state index contributed by atoms with van der Waals surface area (Å²) in [6.07, 6.45) is 3.63. The van der Waals surface area contributed by atoms with E-state index in [1.165, 1.54) is 0 Å². The van der Waals surface area contributed by atoms with Crippen LogP contribution in [0.4, 0.5) is 0 Å². The number of ketones is 1. The molecule has 0 saturated heterocycles. The third kappa shape index (κ3) is 6.03. The normalized spacial score (nSPS) is 9.56. The van der Waals surface area contributed by atoms with E-state index in [-0.39, 0.29) is 0 Å². The molecule has 1 nitrogen and oxygen atoms in total. The fourth-order valence-corrected chi connectivity index (χ4v) is 1.05. The van der Waals surface area contributed by atoms with Crippen molar-refractivity contribution in [3.8, 4) is 0 Å². The lowest BCUT2D eigenvalue weighted by atomic mass is 10.1. The zero-order chi connectivity index (χ0) is 7.11. The van der Waals surface area contributed by atoms with Crippen LogP contribution in [-0.2, 0) is 4.79 Å². The number of hydrogen-bond acceptors (Lipinski definition) is 1. The monoisotopic (exact) mass is 192 g/mol.